The van der Waals surface area contributed by atoms with E-state index in [9.17, 15) is 4.79 Å². The molecule has 1 amide bonds. The number of carbonyl (C=O) groups excluding carboxylic acids is 1. The van der Waals surface area contributed by atoms with Crippen LogP contribution >= 0.6 is 0 Å². The lowest BCUT2D eigenvalue weighted by Gasteiger charge is -2.19. The quantitative estimate of drug-likeness (QED) is 0.742. The SMILES string of the molecule is O=C(Cc1ccon1)N1CCCCCC1. The zero-order chi connectivity index (χ0) is 10.5. The highest BCUT2D eigenvalue weighted by molar-refractivity contribution is 5.78. The van der Waals surface area contributed by atoms with Gasteiger partial charge < -0.3 is 9.42 Å². The number of amides is 1. The Bertz CT molecular complexity index is 300. The zero-order valence-corrected chi connectivity index (χ0v) is 8.82. The van der Waals surface area contributed by atoms with Crippen molar-refractivity contribution in [3.63, 3.8) is 0 Å². The highest BCUT2D eigenvalue weighted by Crippen LogP contribution is 2.11. The van der Waals surface area contributed by atoms with E-state index in [-0.39, 0.29) is 5.91 Å². The molecule has 0 radical (unpaired) electrons. The van der Waals surface area contributed by atoms with Gasteiger partial charge in [-0.3, -0.25) is 4.79 Å². The maximum absolute atomic E-state index is 11.9. The Morgan fingerprint density at radius 2 is 2.07 bits per heavy atom. The normalized spacial score (nSPS) is 17.5. The number of hydrogen-bond acceptors (Lipinski definition) is 3. The van der Waals surface area contributed by atoms with Gasteiger partial charge in [0.05, 0.1) is 12.1 Å². The zero-order valence-electron chi connectivity index (χ0n) is 8.82. The molecule has 0 unspecified atom stereocenters. The van der Waals surface area contributed by atoms with Crippen LogP contribution in [0.3, 0.4) is 0 Å². The highest BCUT2D eigenvalue weighted by atomic mass is 16.5. The van der Waals surface area contributed by atoms with Crippen LogP contribution < -0.4 is 0 Å². The standard InChI is InChI=1S/C11H16N2O2/c14-11(9-10-5-8-15-12-10)13-6-3-1-2-4-7-13/h5,8H,1-4,6-7,9H2. The molecule has 1 aliphatic rings. The van der Waals surface area contributed by atoms with E-state index in [4.69, 9.17) is 4.52 Å². The van der Waals surface area contributed by atoms with Crippen molar-refractivity contribution in [3.05, 3.63) is 18.0 Å². The van der Waals surface area contributed by atoms with Gasteiger partial charge in [-0.05, 0) is 12.8 Å². The third-order valence-electron chi connectivity index (χ3n) is 2.78. The van der Waals surface area contributed by atoms with E-state index in [0.29, 0.717) is 6.42 Å². The molecule has 0 aliphatic carbocycles. The molecule has 15 heavy (non-hydrogen) atoms. The topological polar surface area (TPSA) is 46.3 Å². The van der Waals surface area contributed by atoms with E-state index < -0.39 is 0 Å². The monoisotopic (exact) mass is 208 g/mol. The second-order valence-electron chi connectivity index (χ2n) is 3.96. The minimum atomic E-state index is 0.172. The number of nitrogens with zero attached hydrogens (tertiary/aromatic N) is 2. The molecule has 82 valence electrons. The molecule has 0 atom stereocenters. The van der Waals surface area contributed by atoms with Crippen LogP contribution in [0.2, 0.25) is 0 Å². The van der Waals surface area contributed by atoms with Gasteiger partial charge in [0.2, 0.25) is 5.91 Å². The van der Waals surface area contributed by atoms with Crippen molar-refractivity contribution < 1.29 is 9.32 Å². The van der Waals surface area contributed by atoms with Crippen LogP contribution in [0.25, 0.3) is 0 Å². The highest BCUT2D eigenvalue weighted by Gasteiger charge is 2.16. The molecule has 0 aromatic carbocycles. The molecule has 0 saturated carbocycles. The molecular weight excluding hydrogens is 192 g/mol. The predicted octanol–water partition coefficient (Wildman–Crippen LogP) is 1.62. The molecule has 1 saturated heterocycles. The summed E-state index contributed by atoms with van der Waals surface area (Å²) in [5.74, 6) is 0.172. The Morgan fingerprint density at radius 3 is 2.67 bits per heavy atom. The maximum Gasteiger partial charge on any atom is 0.228 e. The fraction of sp³-hybridized carbons (Fsp3) is 0.636. The summed E-state index contributed by atoms with van der Waals surface area (Å²) in [6.07, 6.45) is 6.62. The third-order valence-corrected chi connectivity index (χ3v) is 2.78. The van der Waals surface area contributed by atoms with Gasteiger partial charge in [-0.25, -0.2) is 0 Å². The second-order valence-corrected chi connectivity index (χ2v) is 3.96. The van der Waals surface area contributed by atoms with Crippen molar-refractivity contribution >= 4 is 5.91 Å². The molecule has 0 bridgehead atoms. The smallest absolute Gasteiger partial charge is 0.228 e. The summed E-state index contributed by atoms with van der Waals surface area (Å²) in [6, 6.07) is 1.75. The minimum absolute atomic E-state index is 0.172. The first kappa shape index (κ1) is 10.2. The van der Waals surface area contributed by atoms with Crippen molar-refractivity contribution in [3.8, 4) is 0 Å². The molecule has 1 aliphatic heterocycles. The number of aromatic nitrogens is 1. The average molecular weight is 208 g/mol. The van der Waals surface area contributed by atoms with Crippen molar-refractivity contribution in [1.82, 2.24) is 10.1 Å². The Hall–Kier alpha value is -1.32. The van der Waals surface area contributed by atoms with Crippen molar-refractivity contribution in [2.75, 3.05) is 13.1 Å². The van der Waals surface area contributed by atoms with Crippen LogP contribution in [0.5, 0.6) is 0 Å². The number of carbonyl (C=O) groups is 1. The summed E-state index contributed by atoms with van der Waals surface area (Å²) in [5, 5.41) is 3.75. The van der Waals surface area contributed by atoms with E-state index in [1.54, 1.807) is 6.07 Å². The van der Waals surface area contributed by atoms with E-state index in [2.05, 4.69) is 5.16 Å². The molecule has 4 heteroatoms. The molecule has 0 spiro atoms. The third kappa shape index (κ3) is 2.81. The van der Waals surface area contributed by atoms with Crippen LogP contribution in [0, 0.1) is 0 Å². The molecule has 0 N–H and O–H groups in total. The average Bonchev–Trinajstić information content (AvgIpc) is 2.58. The lowest BCUT2D eigenvalue weighted by molar-refractivity contribution is -0.130. The summed E-state index contributed by atoms with van der Waals surface area (Å²) in [5.41, 5.74) is 0.726. The summed E-state index contributed by atoms with van der Waals surface area (Å²) < 4.78 is 4.71. The van der Waals surface area contributed by atoms with Crippen LogP contribution in [-0.4, -0.2) is 29.1 Å². The molecule has 1 fully saturated rings. The first-order valence-electron chi connectivity index (χ1n) is 5.53. The van der Waals surface area contributed by atoms with Crippen LogP contribution in [0.1, 0.15) is 31.4 Å². The van der Waals surface area contributed by atoms with Crippen molar-refractivity contribution in [2.24, 2.45) is 0 Å². The van der Waals surface area contributed by atoms with E-state index in [0.717, 1.165) is 31.6 Å². The summed E-state index contributed by atoms with van der Waals surface area (Å²) >= 11 is 0. The maximum atomic E-state index is 11.9. The van der Waals surface area contributed by atoms with Crippen molar-refractivity contribution in [2.45, 2.75) is 32.1 Å². The Kier molecular flexibility index (Phi) is 3.37. The Balaban J connectivity index is 1.89. The summed E-state index contributed by atoms with van der Waals surface area (Å²) in [4.78, 5) is 13.8. The number of likely N-dealkylation sites (tertiary alicyclic amines) is 1. The van der Waals surface area contributed by atoms with Gasteiger partial charge in [-0.15, -0.1) is 0 Å². The number of rotatable bonds is 2. The second kappa shape index (κ2) is 4.96. The molecule has 1 aromatic heterocycles. The van der Waals surface area contributed by atoms with Crippen LogP contribution in [0.15, 0.2) is 16.9 Å². The van der Waals surface area contributed by atoms with Gasteiger partial charge >= 0.3 is 0 Å². The predicted molar refractivity (Wildman–Crippen MR) is 55.3 cm³/mol. The van der Waals surface area contributed by atoms with E-state index in [1.807, 2.05) is 4.90 Å². The molecule has 2 heterocycles. The lowest BCUT2D eigenvalue weighted by Crippen LogP contribution is -2.33. The van der Waals surface area contributed by atoms with Gasteiger partial charge in [-0.1, -0.05) is 18.0 Å². The lowest BCUT2D eigenvalue weighted by atomic mass is 10.2. The fourth-order valence-electron chi connectivity index (χ4n) is 1.92. The number of hydrogen-bond donors (Lipinski definition) is 0. The van der Waals surface area contributed by atoms with E-state index >= 15 is 0 Å². The molecule has 4 nitrogen and oxygen atoms in total. The van der Waals surface area contributed by atoms with Gasteiger partial charge in [0.1, 0.15) is 6.26 Å². The first-order valence-corrected chi connectivity index (χ1v) is 5.53. The summed E-state index contributed by atoms with van der Waals surface area (Å²) in [7, 11) is 0. The largest absolute Gasteiger partial charge is 0.364 e. The molecule has 1 aromatic rings. The van der Waals surface area contributed by atoms with Crippen molar-refractivity contribution in [1.29, 1.82) is 0 Å². The molecular formula is C11H16N2O2. The van der Waals surface area contributed by atoms with Gasteiger partial charge in [0.15, 0.2) is 0 Å². The minimum Gasteiger partial charge on any atom is -0.364 e. The molecule has 2 rings (SSSR count). The Morgan fingerprint density at radius 1 is 1.33 bits per heavy atom. The Labute approximate surface area is 89.2 Å². The first-order chi connectivity index (χ1) is 7.36. The van der Waals surface area contributed by atoms with Crippen LogP contribution in [-0.2, 0) is 11.2 Å². The van der Waals surface area contributed by atoms with Gasteiger partial charge in [0, 0.05) is 19.2 Å². The van der Waals surface area contributed by atoms with E-state index in [1.165, 1.54) is 19.1 Å². The van der Waals surface area contributed by atoms with Gasteiger partial charge in [-0.2, -0.15) is 0 Å². The summed E-state index contributed by atoms with van der Waals surface area (Å²) in [6.45, 7) is 1.80. The fourth-order valence-corrected chi connectivity index (χ4v) is 1.92. The van der Waals surface area contributed by atoms with Crippen LogP contribution in [0.4, 0.5) is 0 Å². The van der Waals surface area contributed by atoms with Gasteiger partial charge in [0.25, 0.3) is 0 Å².